The summed E-state index contributed by atoms with van der Waals surface area (Å²) in [5.41, 5.74) is 0. The highest BCUT2D eigenvalue weighted by atomic mass is 15.2. The van der Waals surface area contributed by atoms with Crippen molar-refractivity contribution in [3.8, 4) is 0 Å². The molecule has 1 aliphatic carbocycles. The number of hydrogen-bond acceptors (Lipinski definition) is 2. The van der Waals surface area contributed by atoms with Crippen LogP contribution in [0, 0.1) is 11.8 Å². The molecule has 0 bridgehead atoms. The Balaban J connectivity index is 1.96. The van der Waals surface area contributed by atoms with Crippen molar-refractivity contribution < 1.29 is 0 Å². The minimum absolute atomic E-state index is 0.814. The van der Waals surface area contributed by atoms with Gasteiger partial charge in [-0.1, -0.05) is 26.7 Å². The van der Waals surface area contributed by atoms with Gasteiger partial charge in [-0.2, -0.15) is 0 Å². The quantitative estimate of drug-likeness (QED) is 0.767. The van der Waals surface area contributed by atoms with Crippen LogP contribution in [0.2, 0.25) is 0 Å². The minimum Gasteiger partial charge on any atom is -0.314 e. The van der Waals surface area contributed by atoms with Crippen molar-refractivity contribution in [2.75, 3.05) is 20.1 Å². The lowest BCUT2D eigenvalue weighted by atomic mass is 9.76. The molecule has 2 atom stereocenters. The zero-order valence-electron chi connectivity index (χ0n) is 10.5. The monoisotopic (exact) mass is 210 g/mol. The highest BCUT2D eigenvalue weighted by Gasteiger charge is 2.34. The van der Waals surface area contributed by atoms with Crippen LogP contribution in [-0.2, 0) is 0 Å². The third-order valence-electron chi connectivity index (χ3n) is 4.50. The Morgan fingerprint density at radius 3 is 2.33 bits per heavy atom. The van der Waals surface area contributed by atoms with Gasteiger partial charge in [0.05, 0.1) is 0 Å². The summed E-state index contributed by atoms with van der Waals surface area (Å²) < 4.78 is 0. The normalized spacial score (nSPS) is 33.4. The SMILES string of the molecule is CC(C)C1CCCCC1N(C)C1CNC1. The maximum absolute atomic E-state index is 3.38. The van der Waals surface area contributed by atoms with Crippen LogP contribution in [0.15, 0.2) is 0 Å². The zero-order valence-corrected chi connectivity index (χ0v) is 10.5. The van der Waals surface area contributed by atoms with Crippen LogP contribution in [0.3, 0.4) is 0 Å². The summed E-state index contributed by atoms with van der Waals surface area (Å²) in [4.78, 5) is 2.67. The van der Waals surface area contributed by atoms with Crippen LogP contribution in [0.25, 0.3) is 0 Å². The second kappa shape index (κ2) is 4.84. The van der Waals surface area contributed by atoms with E-state index in [9.17, 15) is 0 Å². The molecular weight excluding hydrogens is 184 g/mol. The number of rotatable bonds is 3. The van der Waals surface area contributed by atoms with Gasteiger partial charge >= 0.3 is 0 Å². The molecule has 1 heterocycles. The maximum Gasteiger partial charge on any atom is 0.0345 e. The predicted octanol–water partition coefficient (Wildman–Crippen LogP) is 2.10. The van der Waals surface area contributed by atoms with Crippen molar-refractivity contribution in [2.45, 2.75) is 51.6 Å². The fourth-order valence-electron chi connectivity index (χ4n) is 3.26. The summed E-state index contributed by atoms with van der Waals surface area (Å²) in [6.07, 6.45) is 5.77. The molecule has 0 aromatic rings. The first-order chi connectivity index (χ1) is 7.20. The first kappa shape index (κ1) is 11.4. The summed E-state index contributed by atoms with van der Waals surface area (Å²) in [6, 6.07) is 1.67. The third kappa shape index (κ3) is 2.36. The van der Waals surface area contributed by atoms with Crippen LogP contribution in [0.1, 0.15) is 39.5 Å². The van der Waals surface area contributed by atoms with Crippen molar-refractivity contribution in [2.24, 2.45) is 11.8 Å². The lowest BCUT2D eigenvalue weighted by Crippen LogP contribution is -2.60. The molecule has 0 aromatic carbocycles. The molecule has 1 saturated carbocycles. The molecule has 88 valence electrons. The molecule has 2 nitrogen and oxygen atoms in total. The van der Waals surface area contributed by atoms with E-state index in [1.165, 1.54) is 38.8 Å². The number of likely N-dealkylation sites (N-methyl/N-ethyl adjacent to an activating group) is 1. The Bertz CT molecular complexity index is 199. The van der Waals surface area contributed by atoms with Crippen LogP contribution in [0.4, 0.5) is 0 Å². The van der Waals surface area contributed by atoms with Crippen LogP contribution in [-0.4, -0.2) is 37.1 Å². The van der Waals surface area contributed by atoms with Gasteiger partial charge in [-0.15, -0.1) is 0 Å². The van der Waals surface area contributed by atoms with Gasteiger partial charge in [0, 0.05) is 25.2 Å². The average molecular weight is 210 g/mol. The Morgan fingerprint density at radius 2 is 1.80 bits per heavy atom. The van der Waals surface area contributed by atoms with Crippen molar-refractivity contribution in [1.29, 1.82) is 0 Å². The van der Waals surface area contributed by atoms with E-state index in [1.54, 1.807) is 0 Å². The van der Waals surface area contributed by atoms with Gasteiger partial charge in [0.2, 0.25) is 0 Å². The van der Waals surface area contributed by atoms with Crippen molar-refractivity contribution >= 4 is 0 Å². The fourth-order valence-corrected chi connectivity index (χ4v) is 3.26. The van der Waals surface area contributed by atoms with E-state index in [4.69, 9.17) is 0 Å². The average Bonchev–Trinajstić information content (AvgIpc) is 2.15. The molecule has 1 N–H and O–H groups in total. The smallest absolute Gasteiger partial charge is 0.0345 e. The summed E-state index contributed by atoms with van der Waals surface area (Å²) in [5.74, 6) is 1.79. The first-order valence-corrected chi connectivity index (χ1v) is 6.63. The van der Waals surface area contributed by atoms with Gasteiger partial charge in [0.15, 0.2) is 0 Å². The Kier molecular flexibility index (Phi) is 3.68. The van der Waals surface area contributed by atoms with Gasteiger partial charge in [-0.3, -0.25) is 4.90 Å². The minimum atomic E-state index is 0.814. The number of hydrogen-bond donors (Lipinski definition) is 1. The summed E-state index contributed by atoms with van der Waals surface area (Å²) >= 11 is 0. The first-order valence-electron chi connectivity index (χ1n) is 6.63. The second-order valence-electron chi connectivity index (χ2n) is 5.74. The highest BCUT2D eigenvalue weighted by molar-refractivity contribution is 4.91. The maximum atomic E-state index is 3.38. The Labute approximate surface area is 94.4 Å². The van der Waals surface area contributed by atoms with Crippen molar-refractivity contribution in [3.63, 3.8) is 0 Å². The molecule has 1 saturated heterocycles. The summed E-state index contributed by atoms with van der Waals surface area (Å²) in [5, 5.41) is 3.38. The number of nitrogens with zero attached hydrogens (tertiary/aromatic N) is 1. The third-order valence-corrected chi connectivity index (χ3v) is 4.50. The largest absolute Gasteiger partial charge is 0.314 e. The molecule has 2 aliphatic rings. The van der Waals surface area contributed by atoms with E-state index in [0.717, 1.165) is 23.9 Å². The van der Waals surface area contributed by atoms with E-state index >= 15 is 0 Å². The van der Waals surface area contributed by atoms with Gasteiger partial charge in [0.25, 0.3) is 0 Å². The molecule has 2 fully saturated rings. The second-order valence-corrected chi connectivity index (χ2v) is 5.74. The molecule has 0 radical (unpaired) electrons. The molecule has 15 heavy (non-hydrogen) atoms. The van der Waals surface area contributed by atoms with E-state index in [0.29, 0.717) is 0 Å². The standard InChI is InChI=1S/C13H26N2/c1-10(2)12-6-4-5-7-13(12)15(3)11-8-14-9-11/h10-14H,4-9H2,1-3H3. The van der Waals surface area contributed by atoms with Crippen LogP contribution in [0.5, 0.6) is 0 Å². The Hall–Kier alpha value is -0.0800. The highest BCUT2D eigenvalue weighted by Crippen LogP contribution is 2.34. The zero-order chi connectivity index (χ0) is 10.8. The van der Waals surface area contributed by atoms with E-state index < -0.39 is 0 Å². The predicted molar refractivity (Wildman–Crippen MR) is 65.0 cm³/mol. The molecular formula is C13H26N2. The summed E-state index contributed by atoms with van der Waals surface area (Å²) in [7, 11) is 2.34. The van der Waals surface area contributed by atoms with E-state index in [-0.39, 0.29) is 0 Å². The van der Waals surface area contributed by atoms with Crippen molar-refractivity contribution in [3.05, 3.63) is 0 Å². The van der Waals surface area contributed by atoms with Gasteiger partial charge in [0.1, 0.15) is 0 Å². The lowest BCUT2D eigenvalue weighted by molar-refractivity contribution is 0.0467. The lowest BCUT2D eigenvalue weighted by Gasteiger charge is -2.46. The van der Waals surface area contributed by atoms with Crippen LogP contribution < -0.4 is 5.32 Å². The summed E-state index contributed by atoms with van der Waals surface area (Å²) in [6.45, 7) is 7.21. The number of nitrogens with one attached hydrogen (secondary N) is 1. The fraction of sp³-hybridized carbons (Fsp3) is 1.00. The molecule has 2 rings (SSSR count). The molecule has 2 unspecified atom stereocenters. The van der Waals surface area contributed by atoms with Gasteiger partial charge in [-0.05, 0) is 31.7 Å². The van der Waals surface area contributed by atoms with Gasteiger partial charge in [-0.25, -0.2) is 0 Å². The Morgan fingerprint density at radius 1 is 1.13 bits per heavy atom. The van der Waals surface area contributed by atoms with Crippen molar-refractivity contribution in [1.82, 2.24) is 10.2 Å². The topological polar surface area (TPSA) is 15.3 Å². The molecule has 0 aromatic heterocycles. The molecule has 0 amide bonds. The van der Waals surface area contributed by atoms with Crippen LogP contribution >= 0.6 is 0 Å². The van der Waals surface area contributed by atoms with Gasteiger partial charge < -0.3 is 5.32 Å². The molecule has 0 spiro atoms. The molecule has 2 heteroatoms. The van der Waals surface area contributed by atoms with E-state index in [2.05, 4.69) is 31.1 Å². The molecule has 1 aliphatic heterocycles. The van der Waals surface area contributed by atoms with E-state index in [1.807, 2.05) is 0 Å².